The van der Waals surface area contributed by atoms with Crippen molar-refractivity contribution < 1.29 is 4.74 Å². The first-order chi connectivity index (χ1) is 18.2. The molecule has 1 N–H and O–H groups in total. The summed E-state index contributed by atoms with van der Waals surface area (Å²) in [6.45, 7) is 0. The van der Waals surface area contributed by atoms with E-state index in [1.54, 1.807) is 18.9 Å². The fourth-order valence-corrected chi connectivity index (χ4v) is 5.26. The van der Waals surface area contributed by atoms with Gasteiger partial charge >= 0.3 is 0 Å². The normalized spacial score (nSPS) is 11.1. The number of aromatic nitrogens is 3. The van der Waals surface area contributed by atoms with Gasteiger partial charge in [0, 0.05) is 48.4 Å². The molecule has 180 valence electrons. The zero-order chi connectivity index (χ0) is 25.2. The van der Waals surface area contributed by atoms with E-state index < -0.39 is 0 Å². The standard InChI is InChI=1S/C30H21ClN4OS/c1-36-22-12-15-27-26(18-22)28(16-17-32-27)37-23-13-10-21(11-14-23)33-30-25-5-3-2-4-24(25)29(34-35-30)19-6-8-20(31)9-7-19/h2-18H,1H3,(H,33,35). The Morgan fingerprint density at radius 2 is 1.57 bits per heavy atom. The SMILES string of the molecule is COc1ccc2nccc(Sc3ccc(Nc4nnc(-c5ccc(Cl)cc5)c5ccccc45)cc3)c2c1. The topological polar surface area (TPSA) is 59.9 Å². The van der Waals surface area contributed by atoms with E-state index in [4.69, 9.17) is 16.3 Å². The molecular weight excluding hydrogens is 500 g/mol. The fraction of sp³-hybridized carbons (Fsp3) is 0.0333. The number of ether oxygens (including phenoxy) is 1. The molecule has 0 saturated heterocycles. The van der Waals surface area contributed by atoms with Crippen molar-refractivity contribution in [3.8, 4) is 17.0 Å². The monoisotopic (exact) mass is 520 g/mol. The quantitative estimate of drug-likeness (QED) is 0.238. The molecule has 0 aliphatic heterocycles. The number of hydrogen-bond donors (Lipinski definition) is 1. The van der Waals surface area contributed by atoms with Gasteiger partial charge in [0.05, 0.1) is 12.6 Å². The summed E-state index contributed by atoms with van der Waals surface area (Å²) in [7, 11) is 1.68. The maximum Gasteiger partial charge on any atom is 0.161 e. The third-order valence-corrected chi connectivity index (χ3v) is 7.39. The van der Waals surface area contributed by atoms with Crippen LogP contribution in [0.4, 0.5) is 11.5 Å². The minimum Gasteiger partial charge on any atom is -0.497 e. The van der Waals surface area contributed by atoms with E-state index in [0.29, 0.717) is 10.8 Å². The van der Waals surface area contributed by atoms with Crippen molar-refractivity contribution >= 4 is 56.5 Å². The largest absolute Gasteiger partial charge is 0.497 e. The number of anilines is 2. The molecule has 0 saturated carbocycles. The molecule has 6 rings (SSSR count). The molecule has 2 aromatic heterocycles. The average molecular weight is 521 g/mol. The van der Waals surface area contributed by atoms with E-state index in [1.165, 1.54) is 0 Å². The number of nitrogens with zero attached hydrogens (tertiary/aromatic N) is 3. The molecule has 0 radical (unpaired) electrons. The Hall–Kier alpha value is -4.13. The van der Waals surface area contributed by atoms with Gasteiger partial charge in [0.25, 0.3) is 0 Å². The zero-order valence-corrected chi connectivity index (χ0v) is 21.4. The molecule has 2 heterocycles. The van der Waals surface area contributed by atoms with Crippen molar-refractivity contribution in [2.75, 3.05) is 12.4 Å². The van der Waals surface area contributed by atoms with Gasteiger partial charge in [-0.05, 0) is 60.7 Å². The fourth-order valence-electron chi connectivity index (χ4n) is 4.20. The summed E-state index contributed by atoms with van der Waals surface area (Å²) in [6.07, 6.45) is 1.84. The Labute approximate surface area is 223 Å². The van der Waals surface area contributed by atoms with E-state index in [9.17, 15) is 0 Å². The molecule has 37 heavy (non-hydrogen) atoms. The molecule has 0 aliphatic carbocycles. The second kappa shape index (κ2) is 10.1. The molecule has 4 aromatic carbocycles. The Morgan fingerprint density at radius 1 is 0.784 bits per heavy atom. The van der Waals surface area contributed by atoms with Gasteiger partial charge < -0.3 is 10.1 Å². The molecular formula is C30H21ClN4OS. The summed E-state index contributed by atoms with van der Waals surface area (Å²) < 4.78 is 5.41. The maximum absolute atomic E-state index is 6.07. The van der Waals surface area contributed by atoms with Gasteiger partial charge in [-0.25, -0.2) is 0 Å². The van der Waals surface area contributed by atoms with Gasteiger partial charge in [-0.2, -0.15) is 0 Å². The van der Waals surface area contributed by atoms with Gasteiger partial charge in [-0.1, -0.05) is 59.8 Å². The second-order valence-corrected chi connectivity index (χ2v) is 9.95. The van der Waals surface area contributed by atoms with Gasteiger partial charge in [-0.15, -0.1) is 10.2 Å². The van der Waals surface area contributed by atoms with E-state index in [-0.39, 0.29) is 0 Å². The van der Waals surface area contributed by atoms with Crippen molar-refractivity contribution in [1.29, 1.82) is 0 Å². The minimum atomic E-state index is 0.692. The molecule has 5 nitrogen and oxygen atoms in total. The van der Waals surface area contributed by atoms with Crippen LogP contribution in [0.1, 0.15) is 0 Å². The van der Waals surface area contributed by atoms with Gasteiger partial charge in [-0.3, -0.25) is 4.98 Å². The van der Waals surface area contributed by atoms with Crippen LogP contribution in [0, 0.1) is 0 Å². The van der Waals surface area contributed by atoms with Crippen LogP contribution in [0.25, 0.3) is 32.9 Å². The van der Waals surface area contributed by atoms with Crippen LogP contribution >= 0.6 is 23.4 Å². The molecule has 0 fully saturated rings. The highest BCUT2D eigenvalue weighted by Crippen LogP contribution is 2.36. The second-order valence-electron chi connectivity index (χ2n) is 8.39. The number of rotatable bonds is 6. The highest BCUT2D eigenvalue weighted by molar-refractivity contribution is 7.99. The Balaban J connectivity index is 1.27. The molecule has 0 amide bonds. The lowest BCUT2D eigenvalue weighted by atomic mass is 10.0. The smallest absolute Gasteiger partial charge is 0.161 e. The first kappa shape index (κ1) is 23.3. The van der Waals surface area contributed by atoms with E-state index in [2.05, 4.69) is 56.9 Å². The van der Waals surface area contributed by atoms with Gasteiger partial charge in [0.15, 0.2) is 5.82 Å². The third kappa shape index (κ3) is 4.81. The summed E-state index contributed by atoms with van der Waals surface area (Å²) in [4.78, 5) is 6.72. The number of hydrogen-bond acceptors (Lipinski definition) is 6. The molecule has 6 aromatic rings. The summed E-state index contributed by atoms with van der Waals surface area (Å²) in [5.74, 6) is 1.53. The van der Waals surface area contributed by atoms with Crippen molar-refractivity contribution in [3.05, 3.63) is 108 Å². The van der Waals surface area contributed by atoms with Crippen molar-refractivity contribution in [3.63, 3.8) is 0 Å². The third-order valence-electron chi connectivity index (χ3n) is 6.06. The number of pyridine rings is 1. The number of benzene rings is 4. The molecule has 0 spiro atoms. The predicted molar refractivity (Wildman–Crippen MR) is 152 cm³/mol. The molecule has 0 unspecified atom stereocenters. The van der Waals surface area contributed by atoms with Crippen LogP contribution in [0.2, 0.25) is 5.02 Å². The Bertz CT molecular complexity index is 1720. The van der Waals surface area contributed by atoms with Crippen LogP contribution in [-0.4, -0.2) is 22.3 Å². The van der Waals surface area contributed by atoms with Crippen LogP contribution in [0.3, 0.4) is 0 Å². The zero-order valence-electron chi connectivity index (χ0n) is 19.9. The van der Waals surface area contributed by atoms with E-state index in [1.807, 2.05) is 66.9 Å². The molecule has 7 heteroatoms. The average Bonchev–Trinajstić information content (AvgIpc) is 2.95. The number of halogens is 1. The highest BCUT2D eigenvalue weighted by Gasteiger charge is 2.12. The van der Waals surface area contributed by atoms with Crippen molar-refractivity contribution in [2.45, 2.75) is 9.79 Å². The molecule has 0 aliphatic rings. The molecule has 0 bridgehead atoms. The summed E-state index contributed by atoms with van der Waals surface area (Å²) in [5.41, 5.74) is 3.67. The summed E-state index contributed by atoms with van der Waals surface area (Å²) in [5, 5.41) is 16.3. The lowest BCUT2D eigenvalue weighted by molar-refractivity contribution is 0.415. The van der Waals surface area contributed by atoms with E-state index in [0.717, 1.165) is 54.2 Å². The van der Waals surface area contributed by atoms with E-state index >= 15 is 0 Å². The number of nitrogens with one attached hydrogen (secondary N) is 1. The van der Waals surface area contributed by atoms with Crippen LogP contribution in [-0.2, 0) is 0 Å². The van der Waals surface area contributed by atoms with Crippen LogP contribution < -0.4 is 10.1 Å². The first-order valence-electron chi connectivity index (χ1n) is 11.7. The Morgan fingerprint density at radius 3 is 2.35 bits per heavy atom. The highest BCUT2D eigenvalue weighted by atomic mass is 35.5. The number of methoxy groups -OCH3 is 1. The molecule has 0 atom stereocenters. The lowest BCUT2D eigenvalue weighted by Crippen LogP contribution is -1.99. The first-order valence-corrected chi connectivity index (χ1v) is 12.9. The minimum absolute atomic E-state index is 0.692. The van der Waals surface area contributed by atoms with Crippen LogP contribution in [0.5, 0.6) is 5.75 Å². The van der Waals surface area contributed by atoms with Crippen molar-refractivity contribution in [2.24, 2.45) is 0 Å². The van der Waals surface area contributed by atoms with Crippen molar-refractivity contribution in [1.82, 2.24) is 15.2 Å². The number of fused-ring (bicyclic) bond motifs is 2. The van der Waals surface area contributed by atoms with Crippen LogP contribution in [0.15, 0.2) is 113 Å². The Kier molecular flexibility index (Phi) is 6.35. The van der Waals surface area contributed by atoms with Gasteiger partial charge in [0.2, 0.25) is 0 Å². The van der Waals surface area contributed by atoms with Gasteiger partial charge in [0.1, 0.15) is 11.4 Å². The maximum atomic E-state index is 6.07. The predicted octanol–water partition coefficient (Wildman–Crippen LogP) is 8.40. The summed E-state index contributed by atoms with van der Waals surface area (Å²) >= 11 is 7.77. The summed E-state index contributed by atoms with van der Waals surface area (Å²) in [6, 6.07) is 32.1. The lowest BCUT2D eigenvalue weighted by Gasteiger charge is -2.12.